The van der Waals surface area contributed by atoms with Crippen molar-refractivity contribution in [2.45, 2.75) is 40.5 Å². The zero-order valence-electron chi connectivity index (χ0n) is 11.0. The van der Waals surface area contributed by atoms with Crippen molar-refractivity contribution in [3.8, 4) is 0 Å². The van der Waals surface area contributed by atoms with Gasteiger partial charge in [-0.2, -0.15) is 0 Å². The maximum atomic E-state index is 9.44. The number of aliphatic hydroxyl groups excluding tert-OH is 2. The van der Waals surface area contributed by atoms with Crippen molar-refractivity contribution in [2.24, 2.45) is 0 Å². The second-order valence-corrected chi connectivity index (χ2v) is 2.86. The Morgan fingerprint density at radius 2 is 1.25 bits per heavy atom. The van der Waals surface area contributed by atoms with E-state index in [-0.39, 0.29) is 24.5 Å². The van der Waals surface area contributed by atoms with E-state index in [2.05, 4.69) is 0 Å². The highest BCUT2D eigenvalue weighted by Gasteiger charge is 1.94. The molecule has 1 fully saturated rings. The van der Waals surface area contributed by atoms with Crippen LogP contribution in [0.2, 0.25) is 0 Å². The maximum Gasteiger partial charge on any atom is 0.126 e. The van der Waals surface area contributed by atoms with Crippen molar-refractivity contribution < 1.29 is 25.2 Å². The number of Topliss-reactive ketones (excluding diaryl/α,β-unsaturated/α-hetero) is 1. The molecule has 5 heteroatoms. The molecule has 4 N–H and O–H groups in total. The molecule has 5 nitrogen and oxygen atoms in total. The molecule has 0 aromatic heterocycles. The Bertz CT molecular complexity index is 88.9. The van der Waals surface area contributed by atoms with Crippen LogP contribution in [0, 0.1) is 0 Å². The Balaban J connectivity index is -0.0000000607. The molecule has 0 saturated carbocycles. The molecule has 0 spiro atoms. The van der Waals surface area contributed by atoms with Gasteiger partial charge in [-0.05, 0) is 40.5 Å². The Hall–Kier alpha value is -0.490. The first-order valence-corrected chi connectivity index (χ1v) is 5.33. The third-order valence-corrected chi connectivity index (χ3v) is 0.827. The van der Waals surface area contributed by atoms with Gasteiger partial charge in [-0.15, -0.1) is 0 Å². The molecule has 0 aromatic carbocycles. The smallest absolute Gasteiger partial charge is 0.126 e. The van der Waals surface area contributed by atoms with E-state index >= 15 is 0 Å². The number of hydrogen-bond acceptors (Lipinski definition) is 4. The van der Waals surface area contributed by atoms with Crippen LogP contribution in [-0.4, -0.2) is 47.9 Å². The predicted octanol–water partition coefficient (Wildman–Crippen LogP) is 0.565. The van der Waals surface area contributed by atoms with Gasteiger partial charge in [0.2, 0.25) is 0 Å². The number of carbonyl (C=O) groups excluding carboxylic acids is 1. The van der Waals surface area contributed by atoms with Crippen LogP contribution < -0.4 is 0 Å². The van der Waals surface area contributed by atoms with E-state index in [4.69, 9.17) is 14.9 Å². The van der Waals surface area contributed by atoms with Crippen LogP contribution >= 0.6 is 0 Å². The fraction of sp³-hybridized carbons (Fsp3) is 0.909. The van der Waals surface area contributed by atoms with Crippen LogP contribution in [-0.2, 0) is 9.53 Å². The quantitative estimate of drug-likeness (QED) is 0.646. The Labute approximate surface area is 98.7 Å². The monoisotopic (exact) mass is 240 g/mol. The SMILES string of the molecule is C1CCOC1.CC(C)=O.CCO.CCO.O. The number of rotatable bonds is 0. The Kier molecular flexibility index (Phi) is 45.1. The largest absolute Gasteiger partial charge is 0.412 e. The van der Waals surface area contributed by atoms with Gasteiger partial charge in [-0.3, -0.25) is 0 Å². The minimum absolute atomic E-state index is 0. The van der Waals surface area contributed by atoms with E-state index in [1.807, 2.05) is 0 Å². The number of carbonyl (C=O) groups is 1. The molecule has 16 heavy (non-hydrogen) atoms. The van der Waals surface area contributed by atoms with E-state index in [0.717, 1.165) is 13.2 Å². The van der Waals surface area contributed by atoms with Crippen LogP contribution in [0.15, 0.2) is 0 Å². The van der Waals surface area contributed by atoms with E-state index in [1.165, 1.54) is 26.7 Å². The number of hydrogen-bond donors (Lipinski definition) is 2. The summed E-state index contributed by atoms with van der Waals surface area (Å²) in [6.07, 6.45) is 2.56. The van der Waals surface area contributed by atoms with Gasteiger partial charge >= 0.3 is 0 Å². The van der Waals surface area contributed by atoms with Crippen LogP contribution in [0.1, 0.15) is 40.5 Å². The molecular formula is C11H28O5. The number of ether oxygens (including phenoxy) is 1. The van der Waals surface area contributed by atoms with E-state index in [1.54, 1.807) is 13.8 Å². The van der Waals surface area contributed by atoms with Crippen LogP contribution in [0.3, 0.4) is 0 Å². The Morgan fingerprint density at radius 1 is 1.06 bits per heavy atom. The first-order chi connectivity index (χ1) is 7.06. The lowest BCUT2D eigenvalue weighted by atomic mass is 10.4. The molecule has 0 unspecified atom stereocenters. The van der Waals surface area contributed by atoms with Crippen molar-refractivity contribution in [3.63, 3.8) is 0 Å². The van der Waals surface area contributed by atoms with E-state index in [9.17, 15) is 4.79 Å². The van der Waals surface area contributed by atoms with Gasteiger partial charge in [0.15, 0.2) is 0 Å². The summed E-state index contributed by atoms with van der Waals surface area (Å²) in [6, 6.07) is 0. The highest BCUT2D eigenvalue weighted by atomic mass is 16.5. The summed E-state index contributed by atoms with van der Waals surface area (Å²) in [5.41, 5.74) is 0. The van der Waals surface area contributed by atoms with Gasteiger partial charge in [-0.25, -0.2) is 0 Å². The molecule has 0 bridgehead atoms. The molecule has 0 radical (unpaired) electrons. The van der Waals surface area contributed by atoms with Crippen molar-refractivity contribution in [1.82, 2.24) is 0 Å². The van der Waals surface area contributed by atoms with Gasteiger partial charge in [0.05, 0.1) is 0 Å². The molecule has 1 saturated heterocycles. The summed E-state index contributed by atoms with van der Waals surface area (Å²) in [5, 5.41) is 15.1. The lowest BCUT2D eigenvalue weighted by Gasteiger charge is -1.76. The average molecular weight is 240 g/mol. The second-order valence-electron chi connectivity index (χ2n) is 2.86. The number of aliphatic hydroxyl groups is 2. The van der Waals surface area contributed by atoms with E-state index < -0.39 is 0 Å². The van der Waals surface area contributed by atoms with Crippen molar-refractivity contribution in [1.29, 1.82) is 0 Å². The van der Waals surface area contributed by atoms with Crippen molar-refractivity contribution in [2.75, 3.05) is 26.4 Å². The molecule has 1 aliphatic rings. The molecule has 1 heterocycles. The normalized spacial score (nSPS) is 11.4. The molecular weight excluding hydrogens is 212 g/mol. The fourth-order valence-corrected chi connectivity index (χ4v) is 0.510. The lowest BCUT2D eigenvalue weighted by Crippen LogP contribution is -1.74. The van der Waals surface area contributed by atoms with Gasteiger partial charge in [0, 0.05) is 26.4 Å². The summed E-state index contributed by atoms with van der Waals surface area (Å²) in [4.78, 5) is 9.44. The van der Waals surface area contributed by atoms with Gasteiger partial charge in [0.1, 0.15) is 5.78 Å². The van der Waals surface area contributed by atoms with E-state index in [0.29, 0.717) is 0 Å². The zero-order chi connectivity index (χ0) is 12.5. The molecule has 0 atom stereocenters. The second kappa shape index (κ2) is 29.3. The molecule has 0 aliphatic carbocycles. The van der Waals surface area contributed by atoms with Crippen LogP contribution in [0.5, 0.6) is 0 Å². The highest BCUT2D eigenvalue weighted by molar-refractivity contribution is 5.72. The fourth-order valence-electron chi connectivity index (χ4n) is 0.510. The molecule has 0 amide bonds. The summed E-state index contributed by atoms with van der Waals surface area (Å²) in [6.45, 7) is 8.92. The Morgan fingerprint density at radius 3 is 1.31 bits per heavy atom. The molecule has 1 rings (SSSR count). The predicted molar refractivity (Wildman–Crippen MR) is 65.5 cm³/mol. The standard InChI is InChI=1S/C4H8O.C3H6O.2C2H6O.H2O/c1-2-4-5-3-1;1-3(2)4;2*1-2-3;/h1-4H2;1-2H3;2*3H,2H2,1H3;1H2. The lowest BCUT2D eigenvalue weighted by molar-refractivity contribution is -0.114. The summed E-state index contributed by atoms with van der Waals surface area (Å²) in [7, 11) is 0. The third kappa shape index (κ3) is 104. The average Bonchev–Trinajstić information content (AvgIpc) is 2.60. The minimum Gasteiger partial charge on any atom is -0.412 e. The molecule has 0 aromatic rings. The minimum atomic E-state index is 0. The first kappa shape index (κ1) is 24.6. The van der Waals surface area contributed by atoms with Crippen LogP contribution in [0.4, 0.5) is 0 Å². The van der Waals surface area contributed by atoms with Gasteiger partial charge < -0.3 is 25.2 Å². The highest BCUT2D eigenvalue weighted by Crippen LogP contribution is 1.98. The van der Waals surface area contributed by atoms with Crippen LogP contribution in [0.25, 0.3) is 0 Å². The van der Waals surface area contributed by atoms with Crippen molar-refractivity contribution >= 4 is 5.78 Å². The van der Waals surface area contributed by atoms with Gasteiger partial charge in [0.25, 0.3) is 0 Å². The summed E-state index contributed by atoms with van der Waals surface area (Å²) in [5.74, 6) is 0.167. The first-order valence-electron chi connectivity index (χ1n) is 5.33. The third-order valence-electron chi connectivity index (χ3n) is 0.827. The number of ketones is 1. The maximum absolute atomic E-state index is 9.44. The summed E-state index contributed by atoms with van der Waals surface area (Å²) >= 11 is 0. The zero-order valence-corrected chi connectivity index (χ0v) is 11.0. The van der Waals surface area contributed by atoms with Crippen molar-refractivity contribution in [3.05, 3.63) is 0 Å². The summed E-state index contributed by atoms with van der Waals surface area (Å²) < 4.78 is 4.94. The molecule has 102 valence electrons. The van der Waals surface area contributed by atoms with Gasteiger partial charge in [-0.1, -0.05) is 0 Å². The topological polar surface area (TPSA) is 98.3 Å². The molecule has 1 aliphatic heterocycles.